The van der Waals surface area contributed by atoms with Gasteiger partial charge in [-0.3, -0.25) is 19.3 Å². The van der Waals surface area contributed by atoms with Crippen LogP contribution in [0.1, 0.15) is 25.3 Å². The third-order valence-electron chi connectivity index (χ3n) is 3.42. The summed E-state index contributed by atoms with van der Waals surface area (Å²) in [4.78, 5) is 37.0. The molecule has 2 rings (SSSR count). The molecule has 8 heteroatoms. The summed E-state index contributed by atoms with van der Waals surface area (Å²) in [6.45, 7) is 1.83. The van der Waals surface area contributed by atoms with Crippen molar-refractivity contribution in [3.8, 4) is 11.5 Å². The highest BCUT2D eigenvalue weighted by Crippen LogP contribution is 2.34. The number of carbonyl (C=O) groups is 3. The van der Waals surface area contributed by atoms with E-state index < -0.39 is 23.7 Å². The second-order valence-corrected chi connectivity index (χ2v) is 6.27. The predicted molar refractivity (Wildman–Crippen MR) is 93.2 cm³/mol. The predicted octanol–water partition coefficient (Wildman–Crippen LogP) is 2.78. The molecule has 0 unspecified atom stereocenters. The molecule has 134 valence electrons. The normalized spacial score (nSPS) is 15.8. The fraction of sp³-hybridized carbons (Fsp3) is 0.353. The number of hydrogen-bond acceptors (Lipinski definition) is 7. The van der Waals surface area contributed by atoms with E-state index in [9.17, 15) is 19.5 Å². The second-order valence-electron chi connectivity index (χ2n) is 5.27. The average molecular weight is 365 g/mol. The molecule has 25 heavy (non-hydrogen) atoms. The molecule has 1 aromatic rings. The van der Waals surface area contributed by atoms with Gasteiger partial charge in [-0.2, -0.15) is 0 Å². The first-order valence-electron chi connectivity index (χ1n) is 7.74. The third-order valence-corrected chi connectivity index (χ3v) is 4.33. The van der Waals surface area contributed by atoms with Crippen LogP contribution in [0.5, 0.6) is 11.5 Å². The van der Waals surface area contributed by atoms with Crippen molar-refractivity contribution in [2.24, 2.45) is 0 Å². The van der Waals surface area contributed by atoms with Crippen LogP contribution < -0.4 is 4.74 Å². The number of ether oxygens (including phenoxy) is 2. The number of phenols is 1. The molecule has 1 aliphatic rings. The van der Waals surface area contributed by atoms with Gasteiger partial charge in [0.25, 0.3) is 11.1 Å². The summed E-state index contributed by atoms with van der Waals surface area (Å²) >= 11 is 0.741. The molecular formula is C17H19NO6S. The number of amides is 2. The Bertz CT molecular complexity index is 715. The Balaban J connectivity index is 2.07. The number of phenolic OH excluding ortho intramolecular Hbond substituents is 1. The van der Waals surface area contributed by atoms with E-state index in [0.29, 0.717) is 11.3 Å². The number of methoxy groups -OCH3 is 1. The van der Waals surface area contributed by atoms with Crippen molar-refractivity contribution in [1.29, 1.82) is 0 Å². The molecule has 2 amide bonds. The molecule has 1 saturated heterocycles. The Morgan fingerprint density at radius 3 is 2.76 bits per heavy atom. The molecule has 0 atom stereocenters. The zero-order valence-corrected chi connectivity index (χ0v) is 14.8. The van der Waals surface area contributed by atoms with Gasteiger partial charge in [0.2, 0.25) is 0 Å². The van der Waals surface area contributed by atoms with Gasteiger partial charge in [-0.25, -0.2) is 0 Å². The lowest BCUT2D eigenvalue weighted by atomic mass is 10.2. The molecule has 0 aromatic heterocycles. The first-order chi connectivity index (χ1) is 12.0. The van der Waals surface area contributed by atoms with Crippen LogP contribution in [0.25, 0.3) is 6.08 Å². The molecule has 0 saturated carbocycles. The fourth-order valence-corrected chi connectivity index (χ4v) is 2.93. The highest BCUT2D eigenvalue weighted by molar-refractivity contribution is 8.18. The van der Waals surface area contributed by atoms with Gasteiger partial charge in [-0.1, -0.05) is 19.4 Å². The van der Waals surface area contributed by atoms with Crippen molar-refractivity contribution in [3.05, 3.63) is 28.7 Å². The molecule has 0 spiro atoms. The van der Waals surface area contributed by atoms with Crippen LogP contribution in [-0.2, 0) is 14.3 Å². The quantitative estimate of drug-likeness (QED) is 0.451. The lowest BCUT2D eigenvalue weighted by molar-refractivity contribution is -0.146. The highest BCUT2D eigenvalue weighted by Gasteiger charge is 2.36. The Labute approximate surface area is 149 Å². The Morgan fingerprint density at radius 1 is 1.36 bits per heavy atom. The third kappa shape index (κ3) is 4.76. The molecule has 0 aliphatic carbocycles. The minimum atomic E-state index is -0.612. The summed E-state index contributed by atoms with van der Waals surface area (Å²) in [7, 11) is 1.43. The molecule has 1 aromatic carbocycles. The summed E-state index contributed by atoms with van der Waals surface area (Å²) in [6, 6.07) is 4.62. The van der Waals surface area contributed by atoms with E-state index in [4.69, 9.17) is 9.47 Å². The molecule has 1 fully saturated rings. The fourth-order valence-electron chi connectivity index (χ4n) is 2.09. The maximum atomic E-state index is 12.3. The number of unbranched alkanes of at least 4 members (excludes halogenated alkanes) is 1. The first kappa shape index (κ1) is 18.9. The number of esters is 1. The van der Waals surface area contributed by atoms with Crippen LogP contribution >= 0.6 is 11.8 Å². The van der Waals surface area contributed by atoms with Crippen molar-refractivity contribution in [2.45, 2.75) is 19.8 Å². The van der Waals surface area contributed by atoms with Gasteiger partial charge in [-0.05, 0) is 42.0 Å². The lowest BCUT2D eigenvalue weighted by Gasteiger charge is -2.11. The summed E-state index contributed by atoms with van der Waals surface area (Å²) in [6.07, 6.45) is 3.09. The number of aromatic hydroxyl groups is 1. The van der Waals surface area contributed by atoms with Gasteiger partial charge in [0.1, 0.15) is 6.54 Å². The molecule has 0 bridgehead atoms. The number of benzene rings is 1. The van der Waals surface area contributed by atoms with E-state index >= 15 is 0 Å². The number of hydrogen-bond donors (Lipinski definition) is 1. The lowest BCUT2D eigenvalue weighted by Crippen LogP contribution is -2.34. The van der Waals surface area contributed by atoms with E-state index in [2.05, 4.69) is 0 Å². The highest BCUT2D eigenvalue weighted by atomic mass is 32.2. The van der Waals surface area contributed by atoms with E-state index in [1.807, 2.05) is 6.92 Å². The molecule has 7 nitrogen and oxygen atoms in total. The maximum Gasteiger partial charge on any atom is 0.326 e. The molecule has 1 aliphatic heterocycles. The number of nitrogens with zero attached hydrogens (tertiary/aromatic N) is 1. The SMILES string of the molecule is CCCCOC(=O)CN1C(=O)S/C(=C/c2ccc(OC)c(O)c2)C1=O. The number of carbonyl (C=O) groups excluding carboxylic acids is 3. The minimum absolute atomic E-state index is 0.0741. The zero-order valence-electron chi connectivity index (χ0n) is 14.0. The van der Waals surface area contributed by atoms with Crippen LogP contribution in [0.2, 0.25) is 0 Å². The van der Waals surface area contributed by atoms with Gasteiger partial charge >= 0.3 is 5.97 Å². The summed E-state index contributed by atoms with van der Waals surface area (Å²) in [5.41, 5.74) is 0.536. The topological polar surface area (TPSA) is 93.1 Å². The number of imide groups is 1. The van der Waals surface area contributed by atoms with E-state index in [1.165, 1.54) is 19.3 Å². The Morgan fingerprint density at radius 2 is 2.12 bits per heavy atom. The van der Waals surface area contributed by atoms with Crippen LogP contribution in [0, 0.1) is 0 Å². The van der Waals surface area contributed by atoms with E-state index in [-0.39, 0.29) is 17.3 Å². The largest absolute Gasteiger partial charge is 0.504 e. The van der Waals surface area contributed by atoms with Crippen LogP contribution in [0.3, 0.4) is 0 Å². The zero-order chi connectivity index (χ0) is 18.4. The number of rotatable bonds is 7. The van der Waals surface area contributed by atoms with Gasteiger partial charge in [0.05, 0.1) is 18.6 Å². The van der Waals surface area contributed by atoms with Gasteiger partial charge in [0.15, 0.2) is 11.5 Å². The number of thioether (sulfide) groups is 1. The van der Waals surface area contributed by atoms with Crippen molar-refractivity contribution in [2.75, 3.05) is 20.3 Å². The molecule has 1 heterocycles. The monoisotopic (exact) mass is 365 g/mol. The Hall–Kier alpha value is -2.48. The van der Waals surface area contributed by atoms with Crippen molar-refractivity contribution in [1.82, 2.24) is 4.90 Å². The molecule has 1 N–H and O–H groups in total. The van der Waals surface area contributed by atoms with Gasteiger partial charge in [0, 0.05) is 0 Å². The van der Waals surface area contributed by atoms with Gasteiger partial charge < -0.3 is 14.6 Å². The van der Waals surface area contributed by atoms with Crippen LogP contribution in [0.15, 0.2) is 23.1 Å². The van der Waals surface area contributed by atoms with E-state index in [1.54, 1.807) is 12.1 Å². The van der Waals surface area contributed by atoms with E-state index in [0.717, 1.165) is 29.5 Å². The van der Waals surface area contributed by atoms with Crippen molar-refractivity contribution >= 4 is 35.0 Å². The first-order valence-corrected chi connectivity index (χ1v) is 8.56. The average Bonchev–Trinajstić information content (AvgIpc) is 2.83. The summed E-state index contributed by atoms with van der Waals surface area (Å²) < 4.78 is 9.93. The summed E-state index contributed by atoms with van der Waals surface area (Å²) in [5.74, 6) is -0.938. The maximum absolute atomic E-state index is 12.3. The van der Waals surface area contributed by atoms with Crippen molar-refractivity contribution < 1.29 is 29.0 Å². The minimum Gasteiger partial charge on any atom is -0.504 e. The van der Waals surface area contributed by atoms with Crippen molar-refractivity contribution in [3.63, 3.8) is 0 Å². The van der Waals surface area contributed by atoms with Crippen LogP contribution in [0.4, 0.5) is 4.79 Å². The molecular weight excluding hydrogens is 346 g/mol. The summed E-state index contributed by atoms with van der Waals surface area (Å²) in [5, 5.41) is 9.25. The Kier molecular flexibility index (Phi) is 6.46. The standard InChI is InChI=1S/C17H19NO6S/c1-3-4-7-24-15(20)10-18-16(21)14(25-17(18)22)9-11-5-6-13(23-2)12(19)8-11/h5-6,8-9,19H,3-4,7,10H2,1-2H3/b14-9+. The second kappa shape index (κ2) is 8.57. The van der Waals surface area contributed by atoms with Gasteiger partial charge in [-0.15, -0.1) is 0 Å². The smallest absolute Gasteiger partial charge is 0.326 e. The van der Waals surface area contributed by atoms with Crippen LogP contribution in [-0.4, -0.2) is 47.4 Å². The molecule has 0 radical (unpaired) electrons.